The third-order valence-electron chi connectivity index (χ3n) is 3.67. The maximum absolute atomic E-state index is 13.6. The molecule has 0 aliphatic heterocycles. The van der Waals surface area contributed by atoms with E-state index in [0.29, 0.717) is 5.56 Å². The fraction of sp³-hybridized carbons (Fsp3) is 0.167. The molecule has 0 unspecified atom stereocenters. The maximum atomic E-state index is 13.6. The van der Waals surface area contributed by atoms with Crippen molar-refractivity contribution < 1.29 is 26.9 Å². The molecule has 2 aromatic carbocycles. The van der Waals surface area contributed by atoms with Gasteiger partial charge in [0.2, 0.25) is 0 Å². The average Bonchev–Trinajstić information content (AvgIpc) is 3.10. The van der Waals surface area contributed by atoms with Crippen molar-refractivity contribution in [1.29, 1.82) is 0 Å². The first kappa shape index (κ1) is 18.6. The van der Waals surface area contributed by atoms with Gasteiger partial charge < -0.3 is 9.84 Å². The van der Waals surface area contributed by atoms with Gasteiger partial charge in [-0.25, -0.2) is 4.39 Å². The number of aromatic nitrogens is 2. The van der Waals surface area contributed by atoms with Crippen LogP contribution in [0.3, 0.4) is 0 Å². The highest BCUT2D eigenvalue weighted by Crippen LogP contribution is 2.27. The molecular weight excluding hydrogens is 366 g/mol. The Labute approximate surface area is 151 Å². The summed E-state index contributed by atoms with van der Waals surface area (Å²) in [6.07, 6.45) is -4.60. The summed E-state index contributed by atoms with van der Waals surface area (Å²) in [7, 11) is 0. The van der Waals surface area contributed by atoms with Crippen molar-refractivity contribution in [2.75, 3.05) is 0 Å². The molecule has 0 aliphatic carbocycles. The fourth-order valence-electron chi connectivity index (χ4n) is 2.32. The molecule has 9 heteroatoms. The normalized spacial score (nSPS) is 11.4. The molecule has 3 rings (SSSR count). The standard InChI is InChI=1S/C18H13F4N3O2/c19-14-4-2-1-3-13(14)16(26)23-10-12-7-5-11(6-8-12)9-15-24-17(27-25-15)18(20,21)22/h1-8H,9-10H2,(H,23,26). The Hall–Kier alpha value is -3.23. The number of amides is 1. The SMILES string of the molecule is O=C(NCc1ccc(Cc2noc(C(F)(F)F)n2)cc1)c1ccccc1F. The smallest absolute Gasteiger partial charge is 0.348 e. The summed E-state index contributed by atoms with van der Waals surface area (Å²) in [5.41, 5.74) is 1.37. The quantitative estimate of drug-likeness (QED) is 0.686. The third-order valence-corrected chi connectivity index (χ3v) is 3.67. The highest BCUT2D eigenvalue weighted by atomic mass is 19.4. The molecule has 0 aliphatic rings. The summed E-state index contributed by atoms with van der Waals surface area (Å²) >= 11 is 0. The summed E-state index contributed by atoms with van der Waals surface area (Å²) in [6, 6.07) is 12.4. The number of hydrogen-bond acceptors (Lipinski definition) is 4. The second-order valence-corrected chi connectivity index (χ2v) is 5.67. The molecule has 1 N–H and O–H groups in total. The predicted octanol–water partition coefficient (Wildman–Crippen LogP) is 3.75. The Balaban J connectivity index is 1.58. The zero-order chi connectivity index (χ0) is 19.4. The molecule has 0 fully saturated rings. The number of carbonyl (C=O) groups excluding carboxylic acids is 1. The number of alkyl halides is 3. The van der Waals surface area contributed by atoms with Crippen LogP contribution in [0.25, 0.3) is 0 Å². The predicted molar refractivity (Wildman–Crippen MR) is 86.1 cm³/mol. The van der Waals surface area contributed by atoms with Gasteiger partial charge in [0.1, 0.15) is 5.82 Å². The molecular formula is C18H13F4N3O2. The summed E-state index contributed by atoms with van der Waals surface area (Å²) in [4.78, 5) is 15.3. The van der Waals surface area contributed by atoms with E-state index in [4.69, 9.17) is 0 Å². The van der Waals surface area contributed by atoms with Gasteiger partial charge in [-0.15, -0.1) is 0 Å². The van der Waals surface area contributed by atoms with Crippen LogP contribution in [-0.2, 0) is 19.1 Å². The van der Waals surface area contributed by atoms with E-state index in [1.165, 1.54) is 18.2 Å². The lowest BCUT2D eigenvalue weighted by molar-refractivity contribution is -0.159. The minimum absolute atomic E-state index is 0.0494. The zero-order valence-electron chi connectivity index (χ0n) is 13.8. The second-order valence-electron chi connectivity index (χ2n) is 5.67. The van der Waals surface area contributed by atoms with Gasteiger partial charge in [-0.1, -0.05) is 41.6 Å². The Morgan fingerprint density at radius 1 is 1.04 bits per heavy atom. The van der Waals surface area contributed by atoms with Crippen LogP contribution in [-0.4, -0.2) is 16.0 Å². The minimum atomic E-state index is -4.68. The van der Waals surface area contributed by atoms with Crippen molar-refractivity contribution in [1.82, 2.24) is 15.5 Å². The molecule has 0 atom stereocenters. The number of nitrogens with one attached hydrogen (secondary N) is 1. The Bertz CT molecular complexity index is 936. The van der Waals surface area contributed by atoms with E-state index < -0.39 is 23.8 Å². The highest BCUT2D eigenvalue weighted by molar-refractivity contribution is 5.94. The van der Waals surface area contributed by atoms with Gasteiger partial charge >= 0.3 is 12.1 Å². The Morgan fingerprint density at radius 3 is 2.33 bits per heavy atom. The Kier molecular flexibility index (Phi) is 5.20. The lowest BCUT2D eigenvalue weighted by Crippen LogP contribution is -2.23. The van der Waals surface area contributed by atoms with E-state index in [9.17, 15) is 22.4 Å². The molecule has 0 saturated carbocycles. The van der Waals surface area contributed by atoms with Crippen LogP contribution in [0.1, 0.15) is 33.2 Å². The number of halogens is 4. The summed E-state index contributed by atoms with van der Waals surface area (Å²) in [5.74, 6) is -2.61. The fourth-order valence-corrected chi connectivity index (χ4v) is 2.32. The van der Waals surface area contributed by atoms with Gasteiger partial charge in [0.15, 0.2) is 5.82 Å². The van der Waals surface area contributed by atoms with E-state index in [0.717, 1.165) is 5.56 Å². The highest BCUT2D eigenvalue weighted by Gasteiger charge is 2.38. The lowest BCUT2D eigenvalue weighted by atomic mass is 10.1. The van der Waals surface area contributed by atoms with Crippen LogP contribution in [0, 0.1) is 5.82 Å². The third kappa shape index (κ3) is 4.69. The topological polar surface area (TPSA) is 68.0 Å². The summed E-state index contributed by atoms with van der Waals surface area (Å²) in [6.45, 7) is 0.174. The van der Waals surface area contributed by atoms with Gasteiger partial charge in [-0.2, -0.15) is 18.2 Å². The monoisotopic (exact) mass is 379 g/mol. The van der Waals surface area contributed by atoms with Crippen molar-refractivity contribution in [3.63, 3.8) is 0 Å². The van der Waals surface area contributed by atoms with E-state index in [-0.39, 0.29) is 24.4 Å². The molecule has 5 nitrogen and oxygen atoms in total. The van der Waals surface area contributed by atoms with Crippen molar-refractivity contribution in [3.05, 3.63) is 82.8 Å². The lowest BCUT2D eigenvalue weighted by Gasteiger charge is -2.07. The largest absolute Gasteiger partial charge is 0.471 e. The summed E-state index contributed by atoms with van der Waals surface area (Å²) in [5, 5.41) is 5.90. The van der Waals surface area contributed by atoms with Crippen molar-refractivity contribution >= 4 is 5.91 Å². The molecule has 0 spiro atoms. The second kappa shape index (κ2) is 7.56. The van der Waals surface area contributed by atoms with Crippen LogP contribution in [0.2, 0.25) is 0 Å². The molecule has 3 aromatic rings. The van der Waals surface area contributed by atoms with Gasteiger partial charge in [0.25, 0.3) is 5.91 Å². The number of benzene rings is 2. The summed E-state index contributed by atoms with van der Waals surface area (Å²) < 4.78 is 55.0. The molecule has 140 valence electrons. The van der Waals surface area contributed by atoms with Crippen LogP contribution in [0.5, 0.6) is 0 Å². The Morgan fingerprint density at radius 2 is 1.70 bits per heavy atom. The van der Waals surface area contributed by atoms with Crippen molar-refractivity contribution in [2.24, 2.45) is 0 Å². The molecule has 0 saturated heterocycles. The van der Waals surface area contributed by atoms with Gasteiger partial charge in [-0.3, -0.25) is 4.79 Å². The van der Waals surface area contributed by atoms with Crippen LogP contribution in [0.15, 0.2) is 53.1 Å². The molecule has 1 aromatic heterocycles. The van der Waals surface area contributed by atoms with Gasteiger partial charge in [0.05, 0.1) is 5.56 Å². The first-order valence-corrected chi connectivity index (χ1v) is 7.83. The van der Waals surface area contributed by atoms with Gasteiger partial charge in [0, 0.05) is 13.0 Å². The van der Waals surface area contributed by atoms with Crippen molar-refractivity contribution in [3.8, 4) is 0 Å². The molecule has 0 bridgehead atoms. The minimum Gasteiger partial charge on any atom is -0.348 e. The number of hydrogen-bond donors (Lipinski definition) is 1. The number of rotatable bonds is 5. The maximum Gasteiger partial charge on any atom is 0.471 e. The van der Waals surface area contributed by atoms with Crippen LogP contribution < -0.4 is 5.32 Å². The van der Waals surface area contributed by atoms with Crippen LogP contribution >= 0.6 is 0 Å². The average molecular weight is 379 g/mol. The van der Waals surface area contributed by atoms with E-state index in [2.05, 4.69) is 20.0 Å². The zero-order valence-corrected chi connectivity index (χ0v) is 13.8. The van der Waals surface area contributed by atoms with Crippen LogP contribution in [0.4, 0.5) is 17.6 Å². The molecule has 27 heavy (non-hydrogen) atoms. The van der Waals surface area contributed by atoms with Crippen molar-refractivity contribution in [2.45, 2.75) is 19.1 Å². The van der Waals surface area contributed by atoms with Gasteiger partial charge in [-0.05, 0) is 23.3 Å². The van der Waals surface area contributed by atoms with E-state index >= 15 is 0 Å². The molecule has 0 radical (unpaired) electrons. The first-order chi connectivity index (χ1) is 12.8. The molecule has 1 amide bonds. The van der Waals surface area contributed by atoms with E-state index in [1.54, 1.807) is 30.3 Å². The van der Waals surface area contributed by atoms with E-state index in [1.807, 2.05) is 0 Å². The first-order valence-electron chi connectivity index (χ1n) is 7.83. The number of carbonyl (C=O) groups is 1. The molecule has 1 heterocycles. The number of nitrogens with zero attached hydrogens (tertiary/aromatic N) is 2.